The van der Waals surface area contributed by atoms with Gasteiger partial charge in [0.25, 0.3) is 0 Å². The zero-order valence-electron chi connectivity index (χ0n) is 15.2. The fourth-order valence-electron chi connectivity index (χ4n) is 4.04. The normalized spacial score (nSPS) is 23.7. The van der Waals surface area contributed by atoms with Crippen molar-refractivity contribution in [3.63, 3.8) is 0 Å². The number of hydrogen-bond acceptors (Lipinski definition) is 2. The van der Waals surface area contributed by atoms with Gasteiger partial charge in [-0.3, -0.25) is 9.59 Å². The van der Waals surface area contributed by atoms with Crippen molar-refractivity contribution in [2.24, 2.45) is 11.8 Å². The van der Waals surface area contributed by atoms with E-state index in [1.807, 2.05) is 0 Å². The quantitative estimate of drug-likeness (QED) is 0.763. The summed E-state index contributed by atoms with van der Waals surface area (Å²) in [5.74, 6) is -5.12. The SMILES string of the molecule is O=C(Nc1ccc(F)c(F)c1F)C1CCC(C(=O)NC2CCCCC2)CC1. The third-order valence-electron chi connectivity index (χ3n) is 5.71. The molecule has 2 aliphatic rings. The Hall–Kier alpha value is -2.05. The van der Waals surface area contributed by atoms with Crippen LogP contribution in [0, 0.1) is 29.3 Å². The fourth-order valence-corrected chi connectivity index (χ4v) is 4.04. The number of rotatable bonds is 4. The summed E-state index contributed by atoms with van der Waals surface area (Å²) >= 11 is 0. The molecule has 2 N–H and O–H groups in total. The highest BCUT2D eigenvalue weighted by Gasteiger charge is 2.31. The van der Waals surface area contributed by atoms with Gasteiger partial charge in [-0.2, -0.15) is 0 Å². The average molecular weight is 382 g/mol. The third kappa shape index (κ3) is 4.82. The molecule has 2 amide bonds. The Labute approximate surface area is 156 Å². The molecule has 0 unspecified atom stereocenters. The molecule has 148 valence electrons. The minimum atomic E-state index is -1.60. The maximum atomic E-state index is 13.7. The van der Waals surface area contributed by atoms with Crippen LogP contribution in [-0.2, 0) is 9.59 Å². The molecule has 4 nitrogen and oxygen atoms in total. The highest BCUT2D eigenvalue weighted by Crippen LogP contribution is 2.31. The van der Waals surface area contributed by atoms with E-state index in [0.717, 1.165) is 37.8 Å². The molecule has 7 heteroatoms. The van der Waals surface area contributed by atoms with E-state index in [4.69, 9.17) is 0 Å². The smallest absolute Gasteiger partial charge is 0.227 e. The van der Waals surface area contributed by atoms with Crippen LogP contribution in [0.1, 0.15) is 57.8 Å². The van der Waals surface area contributed by atoms with E-state index in [2.05, 4.69) is 10.6 Å². The summed E-state index contributed by atoms with van der Waals surface area (Å²) in [6.45, 7) is 0. The van der Waals surface area contributed by atoms with E-state index < -0.39 is 23.4 Å². The second kappa shape index (κ2) is 8.76. The summed E-state index contributed by atoms with van der Waals surface area (Å²) in [4.78, 5) is 24.7. The van der Waals surface area contributed by atoms with E-state index in [-0.39, 0.29) is 29.5 Å². The van der Waals surface area contributed by atoms with Crippen molar-refractivity contribution in [3.8, 4) is 0 Å². The maximum Gasteiger partial charge on any atom is 0.227 e. The molecule has 0 aromatic heterocycles. The van der Waals surface area contributed by atoms with Crippen LogP contribution < -0.4 is 10.6 Å². The number of carbonyl (C=O) groups excluding carboxylic acids is 2. The van der Waals surface area contributed by atoms with E-state index in [0.29, 0.717) is 25.7 Å². The van der Waals surface area contributed by atoms with E-state index >= 15 is 0 Å². The number of nitrogens with one attached hydrogen (secondary N) is 2. The number of amides is 2. The Morgan fingerprint density at radius 3 is 2.00 bits per heavy atom. The molecule has 0 bridgehead atoms. The Kier molecular flexibility index (Phi) is 6.39. The number of hydrogen-bond donors (Lipinski definition) is 2. The zero-order valence-corrected chi connectivity index (χ0v) is 15.2. The monoisotopic (exact) mass is 382 g/mol. The minimum Gasteiger partial charge on any atom is -0.353 e. The molecule has 2 saturated carbocycles. The number of halogens is 3. The minimum absolute atomic E-state index is 0.0624. The predicted molar refractivity (Wildman–Crippen MR) is 95.4 cm³/mol. The molecule has 1 aromatic rings. The molecule has 0 aliphatic heterocycles. The lowest BCUT2D eigenvalue weighted by Crippen LogP contribution is -2.41. The first-order valence-corrected chi connectivity index (χ1v) is 9.70. The van der Waals surface area contributed by atoms with Crippen LogP contribution in [0.2, 0.25) is 0 Å². The lowest BCUT2D eigenvalue weighted by molar-refractivity contribution is -0.129. The standard InChI is InChI=1S/C20H25F3N2O2/c21-15-10-11-16(18(23)17(15)22)25-20(27)13-8-6-12(7-9-13)19(26)24-14-4-2-1-3-5-14/h10-14H,1-9H2,(H,24,26)(H,25,27). The van der Waals surface area contributed by atoms with Crippen LogP contribution in [-0.4, -0.2) is 17.9 Å². The summed E-state index contributed by atoms with van der Waals surface area (Å²) in [6.07, 6.45) is 7.81. The molecule has 0 atom stereocenters. The average Bonchev–Trinajstić information content (AvgIpc) is 2.69. The summed E-state index contributed by atoms with van der Waals surface area (Å²) < 4.78 is 39.9. The van der Waals surface area contributed by atoms with Gasteiger partial charge in [0.2, 0.25) is 11.8 Å². The molecular formula is C20H25F3N2O2. The van der Waals surface area contributed by atoms with Crippen LogP contribution in [0.15, 0.2) is 12.1 Å². The van der Waals surface area contributed by atoms with Crippen molar-refractivity contribution in [1.29, 1.82) is 0 Å². The molecule has 2 fully saturated rings. The number of carbonyl (C=O) groups is 2. The van der Waals surface area contributed by atoms with Gasteiger partial charge >= 0.3 is 0 Å². The number of anilines is 1. The second-order valence-corrected chi connectivity index (χ2v) is 7.60. The van der Waals surface area contributed by atoms with Gasteiger partial charge in [0, 0.05) is 17.9 Å². The highest BCUT2D eigenvalue weighted by atomic mass is 19.2. The molecule has 0 radical (unpaired) electrons. The first-order valence-electron chi connectivity index (χ1n) is 9.70. The van der Waals surface area contributed by atoms with Crippen LogP contribution in [0.3, 0.4) is 0 Å². The van der Waals surface area contributed by atoms with Gasteiger partial charge in [0.1, 0.15) is 0 Å². The van der Waals surface area contributed by atoms with Crippen LogP contribution in [0.25, 0.3) is 0 Å². The lowest BCUT2D eigenvalue weighted by atomic mass is 9.80. The van der Waals surface area contributed by atoms with Gasteiger partial charge < -0.3 is 10.6 Å². The van der Waals surface area contributed by atoms with Gasteiger partial charge in [0.15, 0.2) is 17.5 Å². The van der Waals surface area contributed by atoms with Crippen molar-refractivity contribution in [1.82, 2.24) is 5.32 Å². The molecule has 3 rings (SSSR count). The van der Waals surface area contributed by atoms with Crippen LogP contribution in [0.5, 0.6) is 0 Å². The summed E-state index contributed by atoms with van der Waals surface area (Å²) in [5, 5.41) is 5.46. The van der Waals surface area contributed by atoms with E-state index in [9.17, 15) is 22.8 Å². The molecule has 2 aliphatic carbocycles. The Morgan fingerprint density at radius 2 is 1.37 bits per heavy atom. The molecule has 27 heavy (non-hydrogen) atoms. The second-order valence-electron chi connectivity index (χ2n) is 7.60. The van der Waals surface area contributed by atoms with Crippen molar-refractivity contribution < 1.29 is 22.8 Å². The first-order chi connectivity index (χ1) is 13.0. The van der Waals surface area contributed by atoms with Gasteiger partial charge in [-0.25, -0.2) is 13.2 Å². The van der Waals surface area contributed by atoms with Gasteiger partial charge in [-0.1, -0.05) is 19.3 Å². The molecule has 0 spiro atoms. The summed E-state index contributed by atoms with van der Waals surface area (Å²) in [6, 6.07) is 2.05. The fraction of sp³-hybridized carbons (Fsp3) is 0.600. The van der Waals surface area contributed by atoms with Crippen LogP contribution >= 0.6 is 0 Å². The molecule has 0 heterocycles. The van der Waals surface area contributed by atoms with Crippen LogP contribution in [0.4, 0.5) is 18.9 Å². The number of benzene rings is 1. The van der Waals surface area contributed by atoms with Crippen molar-refractivity contribution in [3.05, 3.63) is 29.6 Å². The summed E-state index contributed by atoms with van der Waals surface area (Å²) in [5.41, 5.74) is -0.365. The van der Waals surface area contributed by atoms with Crippen molar-refractivity contribution in [2.75, 3.05) is 5.32 Å². The lowest BCUT2D eigenvalue weighted by Gasteiger charge is -2.30. The Morgan fingerprint density at radius 1 is 0.778 bits per heavy atom. The Balaban J connectivity index is 1.49. The van der Waals surface area contributed by atoms with Gasteiger partial charge in [0.05, 0.1) is 5.69 Å². The largest absolute Gasteiger partial charge is 0.353 e. The van der Waals surface area contributed by atoms with Crippen molar-refractivity contribution in [2.45, 2.75) is 63.8 Å². The topological polar surface area (TPSA) is 58.2 Å². The van der Waals surface area contributed by atoms with Crippen molar-refractivity contribution >= 4 is 17.5 Å². The van der Waals surface area contributed by atoms with E-state index in [1.165, 1.54) is 6.42 Å². The molecule has 1 aromatic carbocycles. The van der Waals surface area contributed by atoms with Gasteiger partial charge in [-0.05, 0) is 50.7 Å². The van der Waals surface area contributed by atoms with Gasteiger partial charge in [-0.15, -0.1) is 0 Å². The molecular weight excluding hydrogens is 357 g/mol. The predicted octanol–water partition coefficient (Wildman–Crippen LogP) is 4.30. The first kappa shape index (κ1) is 19.7. The highest BCUT2D eigenvalue weighted by molar-refractivity contribution is 5.93. The van der Waals surface area contributed by atoms with E-state index in [1.54, 1.807) is 0 Å². The maximum absolute atomic E-state index is 13.7. The molecule has 0 saturated heterocycles. The zero-order chi connectivity index (χ0) is 19.4. The third-order valence-corrected chi connectivity index (χ3v) is 5.71. The summed E-state index contributed by atoms with van der Waals surface area (Å²) in [7, 11) is 0. The Bertz CT molecular complexity index is 697.